The molecule has 0 saturated carbocycles. The lowest BCUT2D eigenvalue weighted by atomic mass is 9.93. The number of rotatable bonds is 4. The van der Waals surface area contributed by atoms with Crippen molar-refractivity contribution in [2.24, 2.45) is 0 Å². The number of amides is 1. The molecule has 1 unspecified atom stereocenters. The molecular formula is C18H19NO3. The fraction of sp³-hybridized carbons (Fsp3) is 0.278. The maximum atomic E-state index is 12.2. The quantitative estimate of drug-likeness (QED) is 0.943. The van der Waals surface area contributed by atoms with E-state index < -0.39 is 0 Å². The Morgan fingerprint density at radius 2 is 2.00 bits per heavy atom. The van der Waals surface area contributed by atoms with Crippen molar-refractivity contribution < 1.29 is 14.3 Å². The topological polar surface area (TPSA) is 47.6 Å². The fourth-order valence-corrected chi connectivity index (χ4v) is 2.69. The molecule has 1 N–H and O–H groups in total. The smallest absolute Gasteiger partial charge is 0.251 e. The lowest BCUT2D eigenvalue weighted by molar-refractivity contribution is 0.0948. The van der Waals surface area contributed by atoms with E-state index in [9.17, 15) is 4.79 Å². The van der Waals surface area contributed by atoms with E-state index in [1.807, 2.05) is 18.2 Å². The van der Waals surface area contributed by atoms with E-state index in [-0.39, 0.29) is 5.91 Å². The minimum Gasteiger partial charge on any atom is -0.497 e. The summed E-state index contributed by atoms with van der Waals surface area (Å²) < 4.78 is 10.7. The SMILES string of the molecule is COc1ccc(C(=O)NCC2CCOc3ccccc32)cc1. The molecule has 1 heterocycles. The van der Waals surface area contributed by atoms with E-state index in [0.717, 1.165) is 17.9 Å². The third-order valence-corrected chi connectivity index (χ3v) is 3.94. The van der Waals surface area contributed by atoms with Gasteiger partial charge in [-0.25, -0.2) is 0 Å². The summed E-state index contributed by atoms with van der Waals surface area (Å²) in [5.74, 6) is 1.91. The van der Waals surface area contributed by atoms with Gasteiger partial charge in [0.1, 0.15) is 11.5 Å². The lowest BCUT2D eigenvalue weighted by Crippen LogP contribution is -2.30. The molecule has 1 amide bonds. The molecule has 0 radical (unpaired) electrons. The van der Waals surface area contributed by atoms with Crippen LogP contribution in [-0.2, 0) is 0 Å². The van der Waals surface area contributed by atoms with Gasteiger partial charge in [0.2, 0.25) is 0 Å². The Hall–Kier alpha value is -2.49. The molecule has 2 aromatic carbocycles. The molecular weight excluding hydrogens is 278 g/mol. The molecule has 1 aliphatic heterocycles. The number of ether oxygens (including phenoxy) is 2. The second-order valence-electron chi connectivity index (χ2n) is 5.31. The number of carbonyl (C=O) groups is 1. The number of fused-ring (bicyclic) bond motifs is 1. The molecule has 1 aliphatic rings. The first-order chi connectivity index (χ1) is 10.8. The van der Waals surface area contributed by atoms with Gasteiger partial charge in [0.15, 0.2) is 0 Å². The lowest BCUT2D eigenvalue weighted by Gasteiger charge is -2.26. The number of hydrogen-bond acceptors (Lipinski definition) is 3. The zero-order valence-corrected chi connectivity index (χ0v) is 12.5. The molecule has 4 heteroatoms. The van der Waals surface area contributed by atoms with Gasteiger partial charge in [0.25, 0.3) is 5.91 Å². The van der Waals surface area contributed by atoms with Crippen molar-refractivity contribution in [2.45, 2.75) is 12.3 Å². The maximum absolute atomic E-state index is 12.2. The molecule has 0 aromatic heterocycles. The molecule has 0 fully saturated rings. The Labute approximate surface area is 130 Å². The van der Waals surface area contributed by atoms with Gasteiger partial charge in [-0.15, -0.1) is 0 Å². The van der Waals surface area contributed by atoms with E-state index in [4.69, 9.17) is 9.47 Å². The maximum Gasteiger partial charge on any atom is 0.251 e. The Morgan fingerprint density at radius 3 is 2.77 bits per heavy atom. The van der Waals surface area contributed by atoms with E-state index in [2.05, 4.69) is 11.4 Å². The molecule has 1 atom stereocenters. The second-order valence-corrected chi connectivity index (χ2v) is 5.31. The summed E-state index contributed by atoms with van der Waals surface area (Å²) in [5, 5.41) is 3.01. The number of methoxy groups -OCH3 is 1. The average Bonchev–Trinajstić information content (AvgIpc) is 2.59. The highest BCUT2D eigenvalue weighted by Crippen LogP contribution is 2.32. The molecule has 0 spiro atoms. The highest BCUT2D eigenvalue weighted by molar-refractivity contribution is 5.94. The summed E-state index contributed by atoms with van der Waals surface area (Å²) in [7, 11) is 1.61. The van der Waals surface area contributed by atoms with Gasteiger partial charge < -0.3 is 14.8 Å². The van der Waals surface area contributed by atoms with Gasteiger partial charge in [0.05, 0.1) is 13.7 Å². The normalized spacial score (nSPS) is 16.3. The molecule has 0 aliphatic carbocycles. The first kappa shape index (κ1) is 14.4. The van der Waals surface area contributed by atoms with Crippen molar-refractivity contribution in [2.75, 3.05) is 20.3 Å². The Balaban J connectivity index is 1.64. The van der Waals surface area contributed by atoms with Crippen LogP contribution in [0.2, 0.25) is 0 Å². The van der Waals surface area contributed by atoms with Gasteiger partial charge in [-0.05, 0) is 42.3 Å². The van der Waals surface area contributed by atoms with E-state index in [1.165, 1.54) is 5.56 Å². The summed E-state index contributed by atoms with van der Waals surface area (Å²) in [4.78, 5) is 12.2. The van der Waals surface area contributed by atoms with Crippen molar-refractivity contribution >= 4 is 5.91 Å². The number of benzene rings is 2. The van der Waals surface area contributed by atoms with Gasteiger partial charge in [-0.3, -0.25) is 4.79 Å². The van der Waals surface area contributed by atoms with Crippen LogP contribution < -0.4 is 14.8 Å². The highest BCUT2D eigenvalue weighted by Gasteiger charge is 2.21. The van der Waals surface area contributed by atoms with Crippen molar-refractivity contribution in [3.8, 4) is 11.5 Å². The molecule has 0 bridgehead atoms. The van der Waals surface area contributed by atoms with E-state index in [1.54, 1.807) is 31.4 Å². The molecule has 0 saturated heterocycles. The van der Waals surface area contributed by atoms with Crippen molar-refractivity contribution in [1.29, 1.82) is 0 Å². The van der Waals surface area contributed by atoms with Gasteiger partial charge >= 0.3 is 0 Å². The standard InChI is InChI=1S/C18H19NO3/c1-21-15-8-6-13(7-9-15)18(20)19-12-14-10-11-22-17-5-3-2-4-16(14)17/h2-9,14H,10-12H2,1H3,(H,19,20). The molecule has 22 heavy (non-hydrogen) atoms. The van der Waals surface area contributed by atoms with Crippen LogP contribution in [0.3, 0.4) is 0 Å². The number of nitrogens with one attached hydrogen (secondary N) is 1. The number of para-hydroxylation sites is 1. The van der Waals surface area contributed by atoms with Gasteiger partial charge in [-0.1, -0.05) is 18.2 Å². The summed E-state index contributed by atoms with van der Waals surface area (Å²) in [5.41, 5.74) is 1.81. The summed E-state index contributed by atoms with van der Waals surface area (Å²) in [6.45, 7) is 1.31. The van der Waals surface area contributed by atoms with Crippen LogP contribution in [-0.4, -0.2) is 26.2 Å². The Morgan fingerprint density at radius 1 is 1.23 bits per heavy atom. The van der Waals surface area contributed by atoms with Crippen LogP contribution in [0.25, 0.3) is 0 Å². The van der Waals surface area contributed by atoms with E-state index >= 15 is 0 Å². The number of carbonyl (C=O) groups excluding carboxylic acids is 1. The van der Waals surface area contributed by atoms with Crippen LogP contribution in [0, 0.1) is 0 Å². The Bertz CT molecular complexity index is 652. The fourth-order valence-electron chi connectivity index (χ4n) is 2.69. The Kier molecular flexibility index (Phi) is 4.28. The summed E-state index contributed by atoms with van der Waals surface area (Å²) in [6, 6.07) is 15.1. The second kappa shape index (κ2) is 6.52. The van der Waals surface area contributed by atoms with Crippen molar-refractivity contribution in [3.05, 3.63) is 59.7 Å². The molecule has 4 nitrogen and oxygen atoms in total. The first-order valence-corrected chi connectivity index (χ1v) is 7.42. The van der Waals surface area contributed by atoms with Crippen LogP contribution in [0.1, 0.15) is 28.3 Å². The van der Waals surface area contributed by atoms with Crippen LogP contribution in [0.15, 0.2) is 48.5 Å². The highest BCUT2D eigenvalue weighted by atomic mass is 16.5. The molecule has 3 rings (SSSR count). The van der Waals surface area contributed by atoms with Crippen LogP contribution in [0.5, 0.6) is 11.5 Å². The van der Waals surface area contributed by atoms with Crippen molar-refractivity contribution in [1.82, 2.24) is 5.32 Å². The van der Waals surface area contributed by atoms with E-state index in [0.29, 0.717) is 24.6 Å². The first-order valence-electron chi connectivity index (χ1n) is 7.42. The third-order valence-electron chi connectivity index (χ3n) is 3.94. The van der Waals surface area contributed by atoms with Crippen molar-refractivity contribution in [3.63, 3.8) is 0 Å². The minimum atomic E-state index is -0.0633. The number of hydrogen-bond donors (Lipinski definition) is 1. The zero-order valence-electron chi connectivity index (χ0n) is 12.5. The zero-order chi connectivity index (χ0) is 15.4. The molecule has 2 aromatic rings. The predicted octanol–water partition coefficient (Wildman–Crippen LogP) is 2.99. The summed E-state index contributed by atoms with van der Waals surface area (Å²) >= 11 is 0. The largest absolute Gasteiger partial charge is 0.497 e. The van der Waals surface area contributed by atoms with Crippen LogP contribution in [0.4, 0.5) is 0 Å². The van der Waals surface area contributed by atoms with Gasteiger partial charge in [-0.2, -0.15) is 0 Å². The van der Waals surface area contributed by atoms with Gasteiger partial charge in [0, 0.05) is 18.0 Å². The van der Waals surface area contributed by atoms with Crippen LogP contribution >= 0.6 is 0 Å². The monoisotopic (exact) mass is 297 g/mol. The summed E-state index contributed by atoms with van der Waals surface area (Å²) in [6.07, 6.45) is 0.917. The third kappa shape index (κ3) is 3.06. The average molecular weight is 297 g/mol. The minimum absolute atomic E-state index is 0.0633. The predicted molar refractivity (Wildman–Crippen MR) is 84.6 cm³/mol. The molecule has 114 valence electrons.